The molecule has 1 rings (SSSR count). The van der Waals surface area contributed by atoms with Gasteiger partial charge >= 0.3 is 0 Å². The van der Waals surface area contributed by atoms with Crippen LogP contribution in [0.2, 0.25) is 0 Å². The molecule has 14 heavy (non-hydrogen) atoms. The van der Waals surface area contributed by atoms with Crippen molar-refractivity contribution in [2.24, 2.45) is 0 Å². The molecule has 0 saturated carbocycles. The standard InChI is InChI=1S/C7H12N4O2S/c1-11(2)10-14(12,13)7-4-3-6(8)5-9-7/h3-5,10H,8H2,1-2H3. The summed E-state index contributed by atoms with van der Waals surface area (Å²) in [7, 11) is -0.411. The van der Waals surface area contributed by atoms with Gasteiger partial charge in [0, 0.05) is 14.1 Å². The summed E-state index contributed by atoms with van der Waals surface area (Å²) < 4.78 is 23.0. The Kier molecular flexibility index (Phi) is 3.04. The minimum atomic E-state index is -3.57. The summed E-state index contributed by atoms with van der Waals surface area (Å²) in [4.78, 5) is 5.96. The molecule has 6 nitrogen and oxygen atoms in total. The summed E-state index contributed by atoms with van der Waals surface area (Å²) in [6.45, 7) is 0. The lowest BCUT2D eigenvalue weighted by atomic mass is 10.4. The Morgan fingerprint density at radius 3 is 2.50 bits per heavy atom. The molecule has 0 fully saturated rings. The smallest absolute Gasteiger partial charge is 0.270 e. The van der Waals surface area contributed by atoms with Crippen LogP contribution in [0.1, 0.15) is 0 Å². The van der Waals surface area contributed by atoms with E-state index >= 15 is 0 Å². The fourth-order valence-corrected chi connectivity index (χ4v) is 1.85. The Morgan fingerprint density at radius 1 is 1.43 bits per heavy atom. The van der Waals surface area contributed by atoms with Crippen LogP contribution in [0, 0.1) is 0 Å². The van der Waals surface area contributed by atoms with Crippen LogP contribution < -0.4 is 10.6 Å². The van der Waals surface area contributed by atoms with Gasteiger partial charge in [0.2, 0.25) is 0 Å². The van der Waals surface area contributed by atoms with Crippen molar-refractivity contribution in [2.75, 3.05) is 19.8 Å². The second-order valence-corrected chi connectivity index (χ2v) is 4.53. The third kappa shape index (κ3) is 2.66. The highest BCUT2D eigenvalue weighted by Crippen LogP contribution is 2.06. The maximum atomic E-state index is 11.5. The van der Waals surface area contributed by atoms with Crippen LogP contribution in [-0.2, 0) is 10.0 Å². The number of nitrogen functional groups attached to an aromatic ring is 1. The van der Waals surface area contributed by atoms with Gasteiger partial charge in [-0.25, -0.2) is 18.4 Å². The summed E-state index contributed by atoms with van der Waals surface area (Å²) in [5, 5.41) is 1.27. The van der Waals surface area contributed by atoms with Gasteiger partial charge in [0.05, 0.1) is 11.9 Å². The van der Waals surface area contributed by atoms with Crippen LogP contribution in [0.5, 0.6) is 0 Å². The fourth-order valence-electron chi connectivity index (χ4n) is 0.838. The molecule has 0 bridgehead atoms. The van der Waals surface area contributed by atoms with Gasteiger partial charge < -0.3 is 5.73 Å². The van der Waals surface area contributed by atoms with Gasteiger partial charge in [-0.15, -0.1) is 4.83 Å². The molecule has 0 saturated heterocycles. The van der Waals surface area contributed by atoms with E-state index in [2.05, 4.69) is 9.82 Å². The lowest BCUT2D eigenvalue weighted by molar-refractivity contribution is 0.363. The SMILES string of the molecule is CN(C)NS(=O)(=O)c1ccc(N)cn1. The number of nitrogens with zero attached hydrogens (tertiary/aromatic N) is 2. The Hall–Kier alpha value is -1.18. The third-order valence-corrected chi connectivity index (χ3v) is 2.73. The van der Waals surface area contributed by atoms with Crippen LogP contribution >= 0.6 is 0 Å². The van der Waals surface area contributed by atoms with Gasteiger partial charge in [0.1, 0.15) is 0 Å². The van der Waals surface area contributed by atoms with Crippen molar-refractivity contribution in [2.45, 2.75) is 5.03 Å². The van der Waals surface area contributed by atoms with Crippen LogP contribution in [0.3, 0.4) is 0 Å². The summed E-state index contributed by atoms with van der Waals surface area (Å²) in [5.41, 5.74) is 5.81. The number of hydrogen-bond donors (Lipinski definition) is 2. The molecule has 1 heterocycles. The molecule has 0 unspecified atom stereocenters. The zero-order chi connectivity index (χ0) is 10.8. The monoisotopic (exact) mass is 216 g/mol. The largest absolute Gasteiger partial charge is 0.397 e. The average molecular weight is 216 g/mol. The van der Waals surface area contributed by atoms with E-state index in [4.69, 9.17) is 5.73 Å². The first-order valence-corrected chi connectivity index (χ1v) is 5.31. The van der Waals surface area contributed by atoms with Crippen molar-refractivity contribution in [3.63, 3.8) is 0 Å². The number of aromatic nitrogens is 1. The molecule has 0 aliphatic rings. The van der Waals surface area contributed by atoms with Crippen molar-refractivity contribution < 1.29 is 8.42 Å². The fraction of sp³-hybridized carbons (Fsp3) is 0.286. The number of hydrogen-bond acceptors (Lipinski definition) is 5. The Morgan fingerprint density at radius 2 is 2.07 bits per heavy atom. The number of rotatable bonds is 3. The van der Waals surface area contributed by atoms with E-state index in [-0.39, 0.29) is 5.03 Å². The quantitative estimate of drug-likeness (QED) is 0.660. The van der Waals surface area contributed by atoms with Gasteiger partial charge in [-0.3, -0.25) is 0 Å². The maximum Gasteiger partial charge on any atom is 0.270 e. The molecule has 0 amide bonds. The highest BCUT2D eigenvalue weighted by Gasteiger charge is 2.15. The molecule has 3 N–H and O–H groups in total. The molecule has 0 aliphatic heterocycles. The Bertz CT molecular complexity index is 398. The summed E-state index contributed by atoms with van der Waals surface area (Å²) >= 11 is 0. The van der Waals surface area contributed by atoms with E-state index in [1.807, 2.05) is 0 Å². The molecular weight excluding hydrogens is 204 g/mol. The number of sulfonamides is 1. The van der Waals surface area contributed by atoms with Crippen LogP contribution in [0.25, 0.3) is 0 Å². The van der Waals surface area contributed by atoms with Gasteiger partial charge in [-0.2, -0.15) is 0 Å². The predicted octanol–water partition coefficient (Wildman–Crippen LogP) is -0.581. The second kappa shape index (κ2) is 3.91. The first-order chi connectivity index (χ1) is 6.42. The minimum Gasteiger partial charge on any atom is -0.397 e. The van der Waals surface area contributed by atoms with Crippen LogP contribution in [0.4, 0.5) is 5.69 Å². The Labute approximate surface area is 82.8 Å². The lowest BCUT2D eigenvalue weighted by Gasteiger charge is -2.11. The minimum absolute atomic E-state index is 0.0552. The van der Waals surface area contributed by atoms with Crippen molar-refractivity contribution in [3.8, 4) is 0 Å². The number of pyridine rings is 1. The van der Waals surface area contributed by atoms with Crippen molar-refractivity contribution in [1.82, 2.24) is 14.8 Å². The Balaban J connectivity index is 2.99. The van der Waals surface area contributed by atoms with Gasteiger partial charge in [-0.1, -0.05) is 0 Å². The molecule has 7 heteroatoms. The number of nitrogens with one attached hydrogen (secondary N) is 1. The van der Waals surface area contributed by atoms with Crippen molar-refractivity contribution in [1.29, 1.82) is 0 Å². The van der Waals surface area contributed by atoms with Gasteiger partial charge in [-0.05, 0) is 12.1 Å². The zero-order valence-electron chi connectivity index (χ0n) is 7.93. The molecule has 78 valence electrons. The summed E-state index contributed by atoms with van der Waals surface area (Å²) in [5.74, 6) is 0. The van der Waals surface area contributed by atoms with Crippen LogP contribution in [0.15, 0.2) is 23.4 Å². The summed E-state index contributed by atoms with van der Waals surface area (Å²) in [6.07, 6.45) is 1.30. The van der Waals surface area contributed by atoms with Crippen molar-refractivity contribution >= 4 is 15.7 Å². The average Bonchev–Trinajstić information content (AvgIpc) is 2.02. The summed E-state index contributed by atoms with van der Waals surface area (Å²) in [6, 6.07) is 2.83. The molecular formula is C7H12N4O2S. The maximum absolute atomic E-state index is 11.5. The number of anilines is 1. The first-order valence-electron chi connectivity index (χ1n) is 3.83. The van der Waals surface area contributed by atoms with Crippen molar-refractivity contribution in [3.05, 3.63) is 18.3 Å². The predicted molar refractivity (Wildman–Crippen MR) is 52.7 cm³/mol. The van der Waals surface area contributed by atoms with Gasteiger partial charge in [0.15, 0.2) is 5.03 Å². The normalized spacial score (nSPS) is 11.9. The first kappa shape index (κ1) is 10.9. The van der Waals surface area contributed by atoms with E-state index < -0.39 is 10.0 Å². The highest BCUT2D eigenvalue weighted by molar-refractivity contribution is 7.89. The third-order valence-electron chi connectivity index (χ3n) is 1.34. The molecule has 0 spiro atoms. The van der Waals surface area contributed by atoms with E-state index in [0.717, 1.165) is 0 Å². The number of nitrogens with two attached hydrogens (primary N) is 1. The van der Waals surface area contributed by atoms with Crippen LogP contribution in [-0.4, -0.2) is 32.5 Å². The number of hydrazine groups is 1. The molecule has 0 aromatic carbocycles. The molecule has 0 atom stereocenters. The van der Waals surface area contributed by atoms with E-state index in [1.165, 1.54) is 23.3 Å². The van der Waals surface area contributed by atoms with Gasteiger partial charge in [0.25, 0.3) is 10.0 Å². The van der Waals surface area contributed by atoms with E-state index in [1.54, 1.807) is 14.1 Å². The van der Waals surface area contributed by atoms with E-state index in [0.29, 0.717) is 5.69 Å². The second-order valence-electron chi connectivity index (χ2n) is 2.92. The highest BCUT2D eigenvalue weighted by atomic mass is 32.2. The topological polar surface area (TPSA) is 88.3 Å². The molecule has 1 aromatic rings. The molecule has 1 aromatic heterocycles. The zero-order valence-corrected chi connectivity index (χ0v) is 8.75. The van der Waals surface area contributed by atoms with E-state index in [9.17, 15) is 8.42 Å². The molecule has 0 radical (unpaired) electrons. The lowest BCUT2D eigenvalue weighted by Crippen LogP contribution is -2.36. The molecule has 0 aliphatic carbocycles.